The Morgan fingerprint density at radius 1 is 1.36 bits per heavy atom. The summed E-state index contributed by atoms with van der Waals surface area (Å²) in [6, 6.07) is 9.72. The maximum Gasteiger partial charge on any atom is 0.315 e. The second-order valence-corrected chi connectivity index (χ2v) is 7.88. The van der Waals surface area contributed by atoms with Gasteiger partial charge in [0.1, 0.15) is 0 Å². The fourth-order valence-corrected chi connectivity index (χ4v) is 3.75. The third kappa shape index (κ3) is 5.77. The maximum atomic E-state index is 12.0. The molecule has 5 nitrogen and oxygen atoms in total. The molecule has 0 unspecified atom stereocenters. The van der Waals surface area contributed by atoms with Crippen molar-refractivity contribution in [2.45, 2.75) is 38.5 Å². The molecule has 22 heavy (non-hydrogen) atoms. The highest BCUT2D eigenvalue weighted by Gasteiger charge is 2.25. The Kier molecular flexibility index (Phi) is 5.97. The van der Waals surface area contributed by atoms with Gasteiger partial charge in [-0.1, -0.05) is 30.3 Å². The van der Waals surface area contributed by atoms with E-state index in [-0.39, 0.29) is 12.1 Å². The number of carbonyl (C=O) groups is 1. The molecule has 0 bridgehead atoms. The highest BCUT2D eigenvalue weighted by atomic mass is 32.2. The smallest absolute Gasteiger partial charge is 0.315 e. The van der Waals surface area contributed by atoms with Crippen molar-refractivity contribution >= 4 is 16.8 Å². The first-order chi connectivity index (χ1) is 10.4. The van der Waals surface area contributed by atoms with Gasteiger partial charge in [0.15, 0.2) is 0 Å². The van der Waals surface area contributed by atoms with Crippen LogP contribution in [0, 0.1) is 0 Å². The van der Waals surface area contributed by atoms with Gasteiger partial charge in [-0.2, -0.15) is 0 Å². The SMILES string of the molecule is CC(C)(COCc1ccccc1)NC(=O)N[C@@H]1CC[S@](=O)C1. The number of nitrogens with one attached hydrogen (secondary N) is 2. The van der Waals surface area contributed by atoms with E-state index in [2.05, 4.69) is 10.6 Å². The fourth-order valence-electron chi connectivity index (χ4n) is 2.34. The predicted octanol–water partition coefficient (Wildman–Crippen LogP) is 1.80. The van der Waals surface area contributed by atoms with Crippen LogP contribution in [-0.4, -0.2) is 39.9 Å². The molecule has 1 fully saturated rings. The quantitative estimate of drug-likeness (QED) is 0.838. The predicted molar refractivity (Wildman–Crippen MR) is 88.1 cm³/mol. The van der Waals surface area contributed by atoms with Gasteiger partial charge in [-0.3, -0.25) is 4.21 Å². The van der Waals surface area contributed by atoms with Crippen molar-refractivity contribution in [3.8, 4) is 0 Å². The molecule has 2 amide bonds. The topological polar surface area (TPSA) is 67.4 Å². The average Bonchev–Trinajstić information content (AvgIpc) is 2.84. The number of amides is 2. The molecular formula is C16H24N2O3S. The van der Waals surface area contributed by atoms with Crippen LogP contribution < -0.4 is 10.6 Å². The van der Waals surface area contributed by atoms with E-state index in [1.807, 2.05) is 44.2 Å². The van der Waals surface area contributed by atoms with Crippen molar-refractivity contribution in [1.29, 1.82) is 0 Å². The zero-order chi connectivity index (χ0) is 16.0. The van der Waals surface area contributed by atoms with Gasteiger partial charge in [-0.15, -0.1) is 0 Å². The Hall–Kier alpha value is -1.40. The molecule has 2 N–H and O–H groups in total. The largest absolute Gasteiger partial charge is 0.374 e. The lowest BCUT2D eigenvalue weighted by atomic mass is 10.1. The van der Waals surface area contributed by atoms with E-state index in [1.54, 1.807) is 0 Å². The summed E-state index contributed by atoms with van der Waals surface area (Å²) < 4.78 is 17.0. The van der Waals surface area contributed by atoms with Crippen molar-refractivity contribution < 1.29 is 13.7 Å². The third-order valence-corrected chi connectivity index (χ3v) is 4.91. The van der Waals surface area contributed by atoms with Gasteiger partial charge in [0.05, 0.1) is 18.8 Å². The lowest BCUT2D eigenvalue weighted by Gasteiger charge is -2.27. The first kappa shape index (κ1) is 17.0. The van der Waals surface area contributed by atoms with Crippen molar-refractivity contribution in [2.24, 2.45) is 0 Å². The van der Waals surface area contributed by atoms with Crippen LogP contribution >= 0.6 is 0 Å². The molecule has 1 saturated heterocycles. The van der Waals surface area contributed by atoms with Gasteiger partial charge >= 0.3 is 6.03 Å². The number of benzene rings is 1. The molecule has 122 valence electrons. The van der Waals surface area contributed by atoms with E-state index in [0.717, 1.165) is 12.0 Å². The van der Waals surface area contributed by atoms with Crippen molar-refractivity contribution in [3.05, 3.63) is 35.9 Å². The van der Waals surface area contributed by atoms with Crippen LogP contribution in [0.15, 0.2) is 30.3 Å². The summed E-state index contributed by atoms with van der Waals surface area (Å²) >= 11 is 0. The highest BCUT2D eigenvalue weighted by molar-refractivity contribution is 7.85. The van der Waals surface area contributed by atoms with Crippen molar-refractivity contribution in [1.82, 2.24) is 10.6 Å². The first-order valence-electron chi connectivity index (χ1n) is 7.50. The molecule has 1 aliphatic heterocycles. The summed E-state index contributed by atoms with van der Waals surface area (Å²) in [5, 5.41) is 5.79. The molecule has 0 radical (unpaired) electrons. The lowest BCUT2D eigenvalue weighted by molar-refractivity contribution is 0.0742. The molecule has 1 aromatic rings. The summed E-state index contributed by atoms with van der Waals surface area (Å²) in [5.41, 5.74) is 0.646. The van der Waals surface area contributed by atoms with Crippen LogP contribution in [0.4, 0.5) is 4.79 Å². The Labute approximate surface area is 134 Å². The Balaban J connectivity index is 1.70. The molecule has 0 aromatic heterocycles. The van der Waals surface area contributed by atoms with Gasteiger partial charge < -0.3 is 15.4 Å². The summed E-state index contributed by atoms with van der Waals surface area (Å²) in [5.74, 6) is 1.23. The monoisotopic (exact) mass is 324 g/mol. The molecule has 0 saturated carbocycles. The Bertz CT molecular complexity index is 519. The van der Waals surface area contributed by atoms with Crippen molar-refractivity contribution in [2.75, 3.05) is 18.1 Å². The number of urea groups is 1. The van der Waals surface area contributed by atoms with Gasteiger partial charge in [0.2, 0.25) is 0 Å². The molecule has 0 aliphatic carbocycles. The lowest BCUT2D eigenvalue weighted by Crippen LogP contribution is -2.53. The van der Waals surface area contributed by atoms with E-state index in [0.29, 0.717) is 24.7 Å². The molecule has 6 heteroatoms. The van der Waals surface area contributed by atoms with E-state index < -0.39 is 16.3 Å². The Morgan fingerprint density at radius 2 is 2.09 bits per heavy atom. The minimum Gasteiger partial charge on any atom is -0.374 e. The molecular weight excluding hydrogens is 300 g/mol. The normalized spacial score (nSPS) is 21.5. The van der Waals surface area contributed by atoms with Crippen LogP contribution in [0.2, 0.25) is 0 Å². The van der Waals surface area contributed by atoms with E-state index >= 15 is 0 Å². The fraction of sp³-hybridized carbons (Fsp3) is 0.562. The van der Waals surface area contributed by atoms with Crippen molar-refractivity contribution in [3.63, 3.8) is 0 Å². The van der Waals surface area contributed by atoms with Crippen LogP contribution in [0.25, 0.3) is 0 Å². The molecule has 1 heterocycles. The highest BCUT2D eigenvalue weighted by Crippen LogP contribution is 2.09. The third-order valence-electron chi connectivity index (χ3n) is 3.44. The van der Waals surface area contributed by atoms with Gasteiger partial charge in [-0.25, -0.2) is 4.79 Å². The number of ether oxygens (including phenoxy) is 1. The minimum atomic E-state index is -0.786. The zero-order valence-electron chi connectivity index (χ0n) is 13.1. The van der Waals surface area contributed by atoms with E-state index in [9.17, 15) is 9.00 Å². The van der Waals surface area contributed by atoms with Crippen LogP contribution in [0.5, 0.6) is 0 Å². The molecule has 1 aromatic carbocycles. The molecule has 2 rings (SSSR count). The minimum absolute atomic E-state index is 0.0156. The molecule has 0 spiro atoms. The average molecular weight is 324 g/mol. The number of hydrogen-bond acceptors (Lipinski definition) is 3. The molecule has 2 atom stereocenters. The number of hydrogen-bond donors (Lipinski definition) is 2. The van der Waals surface area contributed by atoms with Crippen LogP contribution in [0.1, 0.15) is 25.8 Å². The number of carbonyl (C=O) groups excluding carboxylic acids is 1. The van der Waals surface area contributed by atoms with Crippen LogP contribution in [0.3, 0.4) is 0 Å². The summed E-state index contributed by atoms with van der Waals surface area (Å²) in [7, 11) is -0.786. The second-order valence-electron chi connectivity index (χ2n) is 6.26. The van der Waals surface area contributed by atoms with Gasteiger partial charge in [-0.05, 0) is 25.8 Å². The molecule has 1 aliphatic rings. The van der Waals surface area contributed by atoms with Gasteiger partial charge in [0.25, 0.3) is 0 Å². The second kappa shape index (κ2) is 7.74. The summed E-state index contributed by atoms with van der Waals surface area (Å²) in [6.45, 7) is 4.79. The first-order valence-corrected chi connectivity index (χ1v) is 8.99. The van der Waals surface area contributed by atoms with Gasteiger partial charge in [0, 0.05) is 28.3 Å². The van der Waals surface area contributed by atoms with E-state index in [1.165, 1.54) is 0 Å². The van der Waals surface area contributed by atoms with E-state index in [4.69, 9.17) is 4.74 Å². The van der Waals surface area contributed by atoms with Crippen LogP contribution in [-0.2, 0) is 22.1 Å². The zero-order valence-corrected chi connectivity index (χ0v) is 13.9. The summed E-state index contributed by atoms with van der Waals surface area (Å²) in [6.07, 6.45) is 0.783. The Morgan fingerprint density at radius 3 is 2.73 bits per heavy atom. The summed E-state index contributed by atoms with van der Waals surface area (Å²) in [4.78, 5) is 12.0. The maximum absolute atomic E-state index is 12.0. The number of rotatable bonds is 6. The standard InChI is InChI=1S/C16H24N2O3S/c1-16(2,12-21-10-13-6-4-3-5-7-13)18-15(19)17-14-8-9-22(20)11-14/h3-7,14H,8-12H2,1-2H3,(H2,17,18,19)/t14-,22+/m1/s1.